The van der Waals surface area contributed by atoms with E-state index in [2.05, 4.69) is 67.4 Å². The Morgan fingerprint density at radius 2 is 1.89 bits per heavy atom. The van der Waals surface area contributed by atoms with Crippen LogP contribution in [0.3, 0.4) is 0 Å². The third-order valence-corrected chi connectivity index (χ3v) is 5.46. The van der Waals surface area contributed by atoms with E-state index in [1.807, 2.05) is 19.3 Å². The summed E-state index contributed by atoms with van der Waals surface area (Å²) in [6.45, 7) is 5.90. The highest BCUT2D eigenvalue weighted by Gasteiger charge is 2.23. The minimum absolute atomic E-state index is 0.723. The number of hydrogen-bond acceptors (Lipinski definition) is 4. The van der Waals surface area contributed by atoms with Gasteiger partial charge in [0, 0.05) is 63.8 Å². The van der Waals surface area contributed by atoms with Crippen LogP contribution in [-0.4, -0.2) is 62.7 Å². The second-order valence-electron chi connectivity index (χ2n) is 7.21. The van der Waals surface area contributed by atoms with Crippen molar-refractivity contribution in [1.82, 2.24) is 15.2 Å². The van der Waals surface area contributed by atoms with Crippen molar-refractivity contribution >= 4 is 17.5 Å². The largest absolute Gasteiger partial charge is 0.354 e. The van der Waals surface area contributed by atoms with Gasteiger partial charge < -0.3 is 20.0 Å². The van der Waals surface area contributed by atoms with E-state index in [0.717, 1.165) is 57.5 Å². The van der Waals surface area contributed by atoms with Crippen molar-refractivity contribution in [3.8, 4) is 0 Å². The standard InChI is InChI=1S/C21H28N6/c1-22-21(27-11-9-17-6-3-4-8-19(17)27)24-16-18-7-5-10-23-20(18)26-14-12-25(2)13-15-26/h3-8,10H,9,11-16H2,1-2H3,(H,22,24). The smallest absolute Gasteiger partial charge is 0.198 e. The highest BCUT2D eigenvalue weighted by atomic mass is 15.3. The molecule has 1 aromatic carbocycles. The zero-order chi connectivity index (χ0) is 18.6. The summed E-state index contributed by atoms with van der Waals surface area (Å²) < 4.78 is 0. The molecule has 1 fully saturated rings. The van der Waals surface area contributed by atoms with Crippen LogP contribution in [0.2, 0.25) is 0 Å². The monoisotopic (exact) mass is 364 g/mol. The second-order valence-corrected chi connectivity index (χ2v) is 7.21. The minimum atomic E-state index is 0.723. The molecular weight excluding hydrogens is 336 g/mol. The van der Waals surface area contributed by atoms with Crippen molar-refractivity contribution in [2.24, 2.45) is 4.99 Å². The lowest BCUT2D eigenvalue weighted by atomic mass is 10.2. The van der Waals surface area contributed by atoms with E-state index >= 15 is 0 Å². The molecule has 6 heteroatoms. The maximum Gasteiger partial charge on any atom is 0.198 e. The van der Waals surface area contributed by atoms with Gasteiger partial charge in [0.05, 0.1) is 0 Å². The van der Waals surface area contributed by atoms with E-state index in [0.29, 0.717) is 0 Å². The molecule has 1 N–H and O–H groups in total. The van der Waals surface area contributed by atoms with Gasteiger partial charge in [-0.1, -0.05) is 24.3 Å². The van der Waals surface area contributed by atoms with Gasteiger partial charge in [0.25, 0.3) is 0 Å². The lowest BCUT2D eigenvalue weighted by Gasteiger charge is -2.34. The quantitative estimate of drug-likeness (QED) is 0.667. The number of aromatic nitrogens is 1. The van der Waals surface area contributed by atoms with Crippen molar-refractivity contribution in [2.45, 2.75) is 13.0 Å². The fraction of sp³-hybridized carbons (Fsp3) is 0.429. The maximum atomic E-state index is 4.68. The second kappa shape index (κ2) is 7.96. The molecule has 0 spiro atoms. The van der Waals surface area contributed by atoms with Crippen LogP contribution in [0, 0.1) is 0 Å². The zero-order valence-corrected chi connectivity index (χ0v) is 16.2. The normalized spacial score (nSPS) is 17.9. The predicted molar refractivity (Wildman–Crippen MR) is 112 cm³/mol. The van der Waals surface area contributed by atoms with Gasteiger partial charge in [0.1, 0.15) is 5.82 Å². The number of aliphatic imine (C=N–C) groups is 1. The van der Waals surface area contributed by atoms with E-state index in [1.54, 1.807) is 0 Å². The highest BCUT2D eigenvalue weighted by molar-refractivity contribution is 5.97. The number of piperazine rings is 1. The van der Waals surface area contributed by atoms with Crippen molar-refractivity contribution in [1.29, 1.82) is 0 Å². The van der Waals surface area contributed by atoms with Crippen LogP contribution in [0.4, 0.5) is 11.5 Å². The molecule has 0 aliphatic carbocycles. The number of nitrogens with one attached hydrogen (secondary N) is 1. The van der Waals surface area contributed by atoms with E-state index < -0.39 is 0 Å². The van der Waals surface area contributed by atoms with Gasteiger partial charge >= 0.3 is 0 Å². The summed E-state index contributed by atoms with van der Waals surface area (Å²) in [4.78, 5) is 16.2. The summed E-state index contributed by atoms with van der Waals surface area (Å²) in [6.07, 6.45) is 2.96. The van der Waals surface area contributed by atoms with E-state index in [4.69, 9.17) is 0 Å². The van der Waals surface area contributed by atoms with Gasteiger partial charge in [-0.15, -0.1) is 0 Å². The summed E-state index contributed by atoms with van der Waals surface area (Å²) in [6, 6.07) is 12.8. The fourth-order valence-electron chi connectivity index (χ4n) is 3.90. The fourth-order valence-corrected chi connectivity index (χ4v) is 3.90. The topological polar surface area (TPSA) is 47.0 Å². The number of anilines is 2. The summed E-state index contributed by atoms with van der Waals surface area (Å²) in [5.41, 5.74) is 3.87. The molecule has 27 heavy (non-hydrogen) atoms. The molecule has 2 aromatic rings. The van der Waals surface area contributed by atoms with Crippen molar-refractivity contribution in [3.05, 3.63) is 53.7 Å². The molecule has 0 atom stereocenters. The van der Waals surface area contributed by atoms with Gasteiger partial charge in [0.15, 0.2) is 5.96 Å². The lowest BCUT2D eigenvalue weighted by molar-refractivity contribution is 0.312. The number of benzene rings is 1. The van der Waals surface area contributed by atoms with E-state index in [1.165, 1.54) is 16.8 Å². The SMILES string of the molecule is CN=C(NCc1cccnc1N1CCN(C)CC1)N1CCc2ccccc21. The first-order valence-corrected chi connectivity index (χ1v) is 9.70. The molecule has 2 aliphatic rings. The number of guanidine groups is 1. The van der Waals surface area contributed by atoms with E-state index in [9.17, 15) is 0 Å². The molecule has 0 bridgehead atoms. The highest BCUT2D eigenvalue weighted by Crippen LogP contribution is 2.27. The number of likely N-dealkylation sites (N-methyl/N-ethyl adjacent to an activating group) is 1. The molecule has 1 saturated heterocycles. The van der Waals surface area contributed by atoms with Crippen molar-refractivity contribution in [2.75, 3.05) is 56.6 Å². The minimum Gasteiger partial charge on any atom is -0.354 e. The Labute approximate surface area is 161 Å². The van der Waals surface area contributed by atoms with Crippen molar-refractivity contribution < 1.29 is 0 Å². The van der Waals surface area contributed by atoms with Gasteiger partial charge in [-0.2, -0.15) is 0 Å². The van der Waals surface area contributed by atoms with Crippen molar-refractivity contribution in [3.63, 3.8) is 0 Å². The van der Waals surface area contributed by atoms with Gasteiger partial charge in [-0.05, 0) is 31.2 Å². The predicted octanol–water partition coefficient (Wildman–Crippen LogP) is 1.97. The molecule has 0 unspecified atom stereocenters. The summed E-state index contributed by atoms with van der Waals surface area (Å²) >= 11 is 0. The average molecular weight is 364 g/mol. The molecule has 6 nitrogen and oxygen atoms in total. The molecule has 0 radical (unpaired) electrons. The first-order valence-electron chi connectivity index (χ1n) is 9.70. The van der Waals surface area contributed by atoms with E-state index in [-0.39, 0.29) is 0 Å². The molecule has 2 aliphatic heterocycles. The molecular formula is C21H28N6. The number of fused-ring (bicyclic) bond motifs is 1. The van der Waals surface area contributed by atoms with Gasteiger partial charge in [-0.25, -0.2) is 4.98 Å². The number of nitrogens with zero attached hydrogens (tertiary/aromatic N) is 5. The maximum absolute atomic E-state index is 4.68. The Morgan fingerprint density at radius 1 is 1.07 bits per heavy atom. The molecule has 0 amide bonds. The molecule has 3 heterocycles. The first kappa shape index (κ1) is 17.8. The van der Waals surface area contributed by atoms with Crippen LogP contribution >= 0.6 is 0 Å². The third-order valence-electron chi connectivity index (χ3n) is 5.46. The first-order chi connectivity index (χ1) is 13.3. The van der Waals surface area contributed by atoms with Crippen LogP contribution in [0.5, 0.6) is 0 Å². The Morgan fingerprint density at radius 3 is 2.70 bits per heavy atom. The number of pyridine rings is 1. The van der Waals surface area contributed by atoms with Crippen LogP contribution < -0.4 is 15.1 Å². The van der Waals surface area contributed by atoms with Crippen LogP contribution in [0.25, 0.3) is 0 Å². The van der Waals surface area contributed by atoms with Gasteiger partial charge in [-0.3, -0.25) is 4.99 Å². The summed E-state index contributed by atoms with van der Waals surface area (Å²) in [7, 11) is 4.03. The summed E-state index contributed by atoms with van der Waals surface area (Å²) in [5.74, 6) is 2.02. The Balaban J connectivity index is 1.47. The van der Waals surface area contributed by atoms with Crippen LogP contribution in [0.1, 0.15) is 11.1 Å². The summed E-state index contributed by atoms with van der Waals surface area (Å²) in [5, 5.41) is 3.56. The Kier molecular flexibility index (Phi) is 5.25. The average Bonchev–Trinajstić information content (AvgIpc) is 3.14. The molecule has 0 saturated carbocycles. The number of hydrogen-bond donors (Lipinski definition) is 1. The number of para-hydroxylation sites is 1. The Hall–Kier alpha value is -2.60. The number of rotatable bonds is 3. The van der Waals surface area contributed by atoms with Crippen LogP contribution in [0.15, 0.2) is 47.6 Å². The molecule has 4 rings (SSSR count). The molecule has 142 valence electrons. The zero-order valence-electron chi connectivity index (χ0n) is 16.2. The lowest BCUT2D eigenvalue weighted by Crippen LogP contribution is -2.45. The molecule has 1 aromatic heterocycles. The Bertz CT molecular complexity index is 810. The van der Waals surface area contributed by atoms with Gasteiger partial charge in [0.2, 0.25) is 0 Å². The third kappa shape index (κ3) is 3.76. The van der Waals surface area contributed by atoms with Crippen LogP contribution in [-0.2, 0) is 13.0 Å².